The second-order valence-corrected chi connectivity index (χ2v) is 5.40. The average Bonchev–Trinajstić information content (AvgIpc) is 2.51. The summed E-state index contributed by atoms with van der Waals surface area (Å²) in [6.07, 6.45) is 1.34. The van der Waals surface area contributed by atoms with Gasteiger partial charge in [-0.2, -0.15) is 5.10 Å². The second-order valence-electron chi connectivity index (χ2n) is 5.40. The number of carbonyl (C=O) groups is 1. The number of carbonyl (C=O) groups excluding carboxylic acids is 1. The number of hydrazone groups is 1. The van der Waals surface area contributed by atoms with Crippen molar-refractivity contribution in [1.82, 2.24) is 5.43 Å². The molecule has 0 atom stereocenters. The average molecular weight is 327 g/mol. The second kappa shape index (κ2) is 7.36. The van der Waals surface area contributed by atoms with Crippen molar-refractivity contribution in [2.24, 2.45) is 5.10 Å². The Kier molecular flexibility index (Phi) is 5.26. The van der Waals surface area contributed by atoms with E-state index in [9.17, 15) is 20.0 Å². The van der Waals surface area contributed by atoms with Gasteiger partial charge >= 0.3 is 0 Å². The summed E-state index contributed by atoms with van der Waals surface area (Å²) in [6, 6.07) is 9.38. The number of amides is 1. The van der Waals surface area contributed by atoms with Gasteiger partial charge in [0.15, 0.2) is 0 Å². The molecule has 2 rings (SSSR count). The van der Waals surface area contributed by atoms with Crippen LogP contribution in [0.25, 0.3) is 0 Å². The Morgan fingerprint density at radius 2 is 2.04 bits per heavy atom. The van der Waals surface area contributed by atoms with Gasteiger partial charge < -0.3 is 5.11 Å². The molecular weight excluding hydrogens is 310 g/mol. The van der Waals surface area contributed by atoms with Crippen LogP contribution in [0.15, 0.2) is 41.5 Å². The Bertz CT molecular complexity index is 815. The number of aromatic hydroxyl groups is 1. The molecular formula is C17H17N3O4. The number of phenolic OH excluding ortho intramolecular Hbond substituents is 1. The van der Waals surface area contributed by atoms with Gasteiger partial charge in [-0.05, 0) is 31.0 Å². The lowest BCUT2D eigenvalue weighted by atomic mass is 10.0. The maximum atomic E-state index is 11.9. The van der Waals surface area contributed by atoms with E-state index in [1.54, 1.807) is 0 Å². The molecule has 0 aliphatic heterocycles. The van der Waals surface area contributed by atoms with Gasteiger partial charge in [-0.1, -0.05) is 23.8 Å². The maximum Gasteiger partial charge on any atom is 0.270 e. The molecule has 0 aromatic heterocycles. The molecule has 124 valence electrons. The highest BCUT2D eigenvalue weighted by Gasteiger charge is 2.09. The minimum absolute atomic E-state index is 0.149. The Hall–Kier alpha value is -3.22. The van der Waals surface area contributed by atoms with Crippen LogP contribution in [-0.4, -0.2) is 22.2 Å². The van der Waals surface area contributed by atoms with E-state index < -0.39 is 4.92 Å². The molecule has 0 saturated heterocycles. The van der Waals surface area contributed by atoms with E-state index >= 15 is 0 Å². The molecule has 0 radical (unpaired) electrons. The predicted molar refractivity (Wildman–Crippen MR) is 90.1 cm³/mol. The molecule has 0 bridgehead atoms. The molecule has 7 heteroatoms. The van der Waals surface area contributed by atoms with E-state index in [-0.39, 0.29) is 29.3 Å². The quantitative estimate of drug-likeness (QED) is 0.500. The van der Waals surface area contributed by atoms with Crippen LogP contribution in [0, 0.1) is 24.0 Å². The minimum Gasteiger partial charge on any atom is -0.507 e. The smallest absolute Gasteiger partial charge is 0.270 e. The molecule has 24 heavy (non-hydrogen) atoms. The van der Waals surface area contributed by atoms with Gasteiger partial charge in [0.25, 0.3) is 5.69 Å². The Morgan fingerprint density at radius 3 is 2.71 bits per heavy atom. The van der Waals surface area contributed by atoms with E-state index in [2.05, 4.69) is 10.5 Å². The summed E-state index contributed by atoms with van der Waals surface area (Å²) in [5.41, 5.74) is 5.36. The summed E-state index contributed by atoms with van der Waals surface area (Å²) in [7, 11) is 0. The van der Waals surface area contributed by atoms with E-state index in [0.717, 1.165) is 16.7 Å². The first-order valence-electron chi connectivity index (χ1n) is 7.22. The van der Waals surface area contributed by atoms with Crippen LogP contribution in [0.4, 0.5) is 5.69 Å². The van der Waals surface area contributed by atoms with Crippen LogP contribution in [0.1, 0.15) is 22.3 Å². The van der Waals surface area contributed by atoms with Crippen LogP contribution in [0.5, 0.6) is 5.75 Å². The summed E-state index contributed by atoms with van der Waals surface area (Å²) in [6.45, 7) is 3.91. The molecule has 0 heterocycles. The van der Waals surface area contributed by atoms with Gasteiger partial charge in [0.2, 0.25) is 5.91 Å². The first-order valence-corrected chi connectivity index (χ1v) is 7.22. The van der Waals surface area contributed by atoms with Crippen molar-refractivity contribution in [2.75, 3.05) is 0 Å². The molecule has 0 fully saturated rings. The highest BCUT2D eigenvalue weighted by molar-refractivity contribution is 5.86. The van der Waals surface area contributed by atoms with Gasteiger partial charge in [-0.25, -0.2) is 5.43 Å². The number of aryl methyl sites for hydroxylation is 2. The molecule has 2 aromatic rings. The van der Waals surface area contributed by atoms with Crippen LogP contribution in [0.2, 0.25) is 0 Å². The van der Waals surface area contributed by atoms with Crippen LogP contribution in [0.3, 0.4) is 0 Å². The van der Waals surface area contributed by atoms with Crippen molar-refractivity contribution >= 4 is 17.8 Å². The largest absolute Gasteiger partial charge is 0.507 e. The SMILES string of the molecule is Cc1ccc(CC(=O)N/N=C/c2cc([N+](=O)[O-])ccc2O)c(C)c1. The number of nitro benzene ring substituents is 1. The van der Waals surface area contributed by atoms with Crippen LogP contribution < -0.4 is 5.43 Å². The van der Waals surface area contributed by atoms with Crippen molar-refractivity contribution < 1.29 is 14.8 Å². The van der Waals surface area contributed by atoms with Gasteiger partial charge in [0.1, 0.15) is 5.75 Å². The monoisotopic (exact) mass is 327 g/mol. The number of hydrogen-bond donors (Lipinski definition) is 2. The van der Waals surface area contributed by atoms with Crippen LogP contribution in [-0.2, 0) is 11.2 Å². The summed E-state index contributed by atoms with van der Waals surface area (Å²) in [4.78, 5) is 22.0. The number of nitrogens with one attached hydrogen (secondary N) is 1. The molecule has 0 unspecified atom stereocenters. The molecule has 0 saturated carbocycles. The molecule has 0 spiro atoms. The zero-order valence-corrected chi connectivity index (χ0v) is 13.3. The van der Waals surface area contributed by atoms with Crippen molar-refractivity contribution in [3.63, 3.8) is 0 Å². The zero-order valence-electron chi connectivity index (χ0n) is 13.3. The molecule has 7 nitrogen and oxygen atoms in total. The first-order chi connectivity index (χ1) is 11.4. The third-order valence-corrected chi connectivity index (χ3v) is 3.46. The summed E-state index contributed by atoms with van der Waals surface area (Å²) < 4.78 is 0. The number of phenols is 1. The fourth-order valence-corrected chi connectivity index (χ4v) is 2.19. The number of nitrogens with zero attached hydrogens (tertiary/aromatic N) is 2. The van der Waals surface area contributed by atoms with Crippen molar-refractivity contribution in [1.29, 1.82) is 0 Å². The summed E-state index contributed by atoms with van der Waals surface area (Å²) >= 11 is 0. The fourth-order valence-electron chi connectivity index (χ4n) is 2.19. The number of nitro groups is 1. The molecule has 0 aliphatic carbocycles. The predicted octanol–water partition coefficient (Wildman–Crippen LogP) is 2.61. The summed E-state index contributed by atoms with van der Waals surface area (Å²) in [5.74, 6) is -0.476. The van der Waals surface area contributed by atoms with Gasteiger partial charge in [-0.3, -0.25) is 14.9 Å². The molecule has 1 amide bonds. The number of hydrogen-bond acceptors (Lipinski definition) is 5. The summed E-state index contributed by atoms with van der Waals surface area (Å²) in [5, 5.41) is 24.1. The first kappa shape index (κ1) is 17.1. The van der Waals surface area contributed by atoms with Gasteiger partial charge in [0.05, 0.1) is 17.6 Å². The van der Waals surface area contributed by atoms with Crippen molar-refractivity contribution in [3.05, 3.63) is 68.8 Å². The third kappa shape index (κ3) is 4.39. The van der Waals surface area contributed by atoms with Crippen LogP contribution >= 0.6 is 0 Å². The normalized spacial score (nSPS) is 10.8. The van der Waals surface area contributed by atoms with Gasteiger partial charge in [0, 0.05) is 17.7 Å². The standard InChI is InChI=1S/C17H17N3O4/c1-11-3-4-13(12(2)7-11)9-17(22)19-18-10-14-8-15(20(23)24)5-6-16(14)21/h3-8,10,21H,9H2,1-2H3,(H,19,22)/b18-10+. The molecule has 2 aromatic carbocycles. The molecule has 0 aliphatic rings. The fraction of sp³-hybridized carbons (Fsp3) is 0.176. The molecule has 2 N–H and O–H groups in total. The lowest BCUT2D eigenvalue weighted by Gasteiger charge is -2.05. The zero-order chi connectivity index (χ0) is 17.7. The Balaban J connectivity index is 2.02. The third-order valence-electron chi connectivity index (χ3n) is 3.46. The number of benzene rings is 2. The topological polar surface area (TPSA) is 105 Å². The Morgan fingerprint density at radius 1 is 1.29 bits per heavy atom. The highest BCUT2D eigenvalue weighted by atomic mass is 16.6. The number of non-ortho nitro benzene ring substituents is 1. The van der Waals surface area contributed by atoms with E-state index in [4.69, 9.17) is 0 Å². The van der Waals surface area contributed by atoms with E-state index in [0.29, 0.717) is 0 Å². The minimum atomic E-state index is -0.574. The van der Waals surface area contributed by atoms with Crippen molar-refractivity contribution in [2.45, 2.75) is 20.3 Å². The highest BCUT2D eigenvalue weighted by Crippen LogP contribution is 2.21. The lowest BCUT2D eigenvalue weighted by Crippen LogP contribution is -2.20. The Labute approximate surface area is 138 Å². The van der Waals surface area contributed by atoms with Crippen molar-refractivity contribution in [3.8, 4) is 5.75 Å². The van der Waals surface area contributed by atoms with E-state index in [1.807, 2.05) is 32.0 Å². The van der Waals surface area contributed by atoms with E-state index in [1.165, 1.54) is 24.4 Å². The lowest BCUT2D eigenvalue weighted by molar-refractivity contribution is -0.384. The number of rotatable bonds is 5. The maximum absolute atomic E-state index is 11.9. The van der Waals surface area contributed by atoms with Gasteiger partial charge in [-0.15, -0.1) is 0 Å².